The van der Waals surface area contributed by atoms with Crippen molar-refractivity contribution in [2.75, 3.05) is 0 Å². The van der Waals surface area contributed by atoms with Crippen LogP contribution in [-0.4, -0.2) is 5.54 Å². The van der Waals surface area contributed by atoms with Crippen molar-refractivity contribution in [1.29, 1.82) is 0 Å². The quantitative estimate of drug-likeness (QED) is 0.564. The van der Waals surface area contributed by atoms with Gasteiger partial charge in [-0.05, 0) is 74.5 Å². The normalized spacial score (nSPS) is 40.7. The molecule has 0 aliphatic heterocycles. The third-order valence-electron chi connectivity index (χ3n) is 7.37. The van der Waals surface area contributed by atoms with E-state index in [-0.39, 0.29) is 5.54 Å². The van der Waals surface area contributed by atoms with E-state index >= 15 is 0 Å². The maximum atomic E-state index is 6.71. The van der Waals surface area contributed by atoms with Crippen molar-refractivity contribution < 1.29 is 0 Å². The molecule has 2 N–H and O–H groups in total. The Morgan fingerprint density at radius 3 is 2.52 bits per heavy atom. The molecule has 1 heteroatoms. The Labute approximate surface area is 144 Å². The Hall–Kier alpha value is -0.560. The van der Waals surface area contributed by atoms with E-state index in [0.29, 0.717) is 16.7 Å². The molecular formula is C22H39N. The second-order valence-electron chi connectivity index (χ2n) is 9.84. The van der Waals surface area contributed by atoms with Crippen molar-refractivity contribution >= 4 is 0 Å². The van der Waals surface area contributed by atoms with Crippen LogP contribution in [0.4, 0.5) is 0 Å². The SMILES string of the molecule is C=CCC1CC2C(CC2(C)C/C=C(/C)CC(C)(C)CC)C1(C)N. The summed E-state index contributed by atoms with van der Waals surface area (Å²) in [6.45, 7) is 18.1. The minimum absolute atomic E-state index is 0.0152. The average Bonchev–Trinajstić information content (AvgIpc) is 2.66. The number of hydrogen-bond donors (Lipinski definition) is 1. The minimum atomic E-state index is 0.0152. The standard InChI is InChI=1S/C22H39N/c1-8-10-17-13-18-19(22(17,7)23)15-21(18,6)12-11-16(3)14-20(4,5)9-2/h8,11,17-19H,1,9-10,12-15,23H2,2-7H3/b16-11-. The lowest BCUT2D eigenvalue weighted by atomic mass is 9.52. The van der Waals surface area contributed by atoms with E-state index in [0.717, 1.165) is 18.3 Å². The molecule has 2 saturated carbocycles. The Balaban J connectivity index is 1.99. The van der Waals surface area contributed by atoms with E-state index in [1.165, 1.54) is 32.1 Å². The van der Waals surface area contributed by atoms with E-state index in [4.69, 9.17) is 5.73 Å². The zero-order chi connectivity index (χ0) is 17.5. The van der Waals surface area contributed by atoms with Crippen molar-refractivity contribution in [2.45, 2.75) is 85.6 Å². The van der Waals surface area contributed by atoms with Crippen molar-refractivity contribution in [2.24, 2.45) is 34.3 Å². The minimum Gasteiger partial charge on any atom is -0.325 e. The molecular weight excluding hydrogens is 278 g/mol. The summed E-state index contributed by atoms with van der Waals surface area (Å²) in [5, 5.41) is 0. The van der Waals surface area contributed by atoms with Crippen molar-refractivity contribution in [3.63, 3.8) is 0 Å². The van der Waals surface area contributed by atoms with Crippen molar-refractivity contribution in [1.82, 2.24) is 0 Å². The van der Waals surface area contributed by atoms with Crippen LogP contribution in [0.5, 0.6) is 0 Å². The summed E-state index contributed by atoms with van der Waals surface area (Å²) >= 11 is 0. The zero-order valence-corrected chi connectivity index (χ0v) is 16.4. The van der Waals surface area contributed by atoms with Gasteiger partial charge in [0.25, 0.3) is 0 Å². The van der Waals surface area contributed by atoms with Crippen LogP contribution in [0.15, 0.2) is 24.3 Å². The third-order valence-corrected chi connectivity index (χ3v) is 7.37. The van der Waals surface area contributed by atoms with Gasteiger partial charge in [-0.15, -0.1) is 6.58 Å². The molecule has 0 heterocycles. The molecule has 0 saturated heterocycles. The Morgan fingerprint density at radius 2 is 1.96 bits per heavy atom. The molecule has 0 spiro atoms. The molecule has 5 atom stereocenters. The van der Waals surface area contributed by atoms with E-state index in [1.807, 2.05) is 0 Å². The van der Waals surface area contributed by atoms with Gasteiger partial charge in [-0.2, -0.15) is 0 Å². The molecule has 2 aliphatic rings. The first kappa shape index (κ1) is 18.8. The summed E-state index contributed by atoms with van der Waals surface area (Å²) in [4.78, 5) is 0. The largest absolute Gasteiger partial charge is 0.325 e. The van der Waals surface area contributed by atoms with E-state index in [2.05, 4.69) is 60.3 Å². The summed E-state index contributed by atoms with van der Waals surface area (Å²) < 4.78 is 0. The van der Waals surface area contributed by atoms with Crippen molar-refractivity contribution in [3.8, 4) is 0 Å². The summed E-state index contributed by atoms with van der Waals surface area (Å²) in [5.74, 6) is 2.16. The summed E-state index contributed by atoms with van der Waals surface area (Å²) in [7, 11) is 0. The third kappa shape index (κ3) is 3.60. The maximum absolute atomic E-state index is 6.71. The van der Waals surface area contributed by atoms with E-state index < -0.39 is 0 Å². The molecule has 2 rings (SSSR count). The Bertz CT molecular complexity index is 470. The number of allylic oxidation sites excluding steroid dienone is 3. The molecule has 23 heavy (non-hydrogen) atoms. The fourth-order valence-corrected chi connectivity index (χ4v) is 5.23. The van der Waals surface area contributed by atoms with Crippen LogP contribution in [0.25, 0.3) is 0 Å². The highest BCUT2D eigenvalue weighted by molar-refractivity contribution is 5.17. The Kier molecular flexibility index (Phi) is 5.22. The zero-order valence-electron chi connectivity index (χ0n) is 16.4. The van der Waals surface area contributed by atoms with E-state index in [9.17, 15) is 0 Å². The number of rotatable bonds is 7. The fourth-order valence-electron chi connectivity index (χ4n) is 5.23. The van der Waals surface area contributed by atoms with Gasteiger partial charge in [-0.25, -0.2) is 0 Å². The van der Waals surface area contributed by atoms with Gasteiger partial charge in [0.2, 0.25) is 0 Å². The van der Waals surface area contributed by atoms with Crippen LogP contribution in [0.2, 0.25) is 0 Å². The first-order valence-corrected chi connectivity index (χ1v) is 9.61. The van der Waals surface area contributed by atoms with Gasteiger partial charge in [0.15, 0.2) is 0 Å². The molecule has 0 radical (unpaired) electrons. The fraction of sp³-hybridized carbons (Fsp3) is 0.818. The van der Waals surface area contributed by atoms with Crippen LogP contribution >= 0.6 is 0 Å². The maximum Gasteiger partial charge on any atom is 0.0188 e. The number of hydrogen-bond acceptors (Lipinski definition) is 1. The Morgan fingerprint density at radius 1 is 1.30 bits per heavy atom. The van der Waals surface area contributed by atoms with Gasteiger partial charge >= 0.3 is 0 Å². The summed E-state index contributed by atoms with van der Waals surface area (Å²) in [6, 6.07) is 0. The molecule has 2 fully saturated rings. The first-order chi connectivity index (χ1) is 10.6. The van der Waals surface area contributed by atoms with Crippen LogP contribution in [0.1, 0.15) is 80.1 Å². The van der Waals surface area contributed by atoms with E-state index in [1.54, 1.807) is 5.57 Å². The monoisotopic (exact) mass is 317 g/mol. The molecule has 0 bridgehead atoms. The predicted octanol–water partition coefficient (Wildman–Crippen LogP) is 6.10. The van der Waals surface area contributed by atoms with Gasteiger partial charge in [-0.1, -0.05) is 51.8 Å². The predicted molar refractivity (Wildman–Crippen MR) is 102 cm³/mol. The van der Waals surface area contributed by atoms with Crippen LogP contribution < -0.4 is 5.73 Å². The van der Waals surface area contributed by atoms with Gasteiger partial charge in [0.1, 0.15) is 0 Å². The number of fused-ring (bicyclic) bond motifs is 1. The lowest BCUT2D eigenvalue weighted by Crippen LogP contribution is -2.55. The summed E-state index contributed by atoms with van der Waals surface area (Å²) in [6.07, 6.45) is 12.0. The lowest BCUT2D eigenvalue weighted by Gasteiger charge is -2.54. The van der Waals surface area contributed by atoms with Gasteiger partial charge in [0, 0.05) is 5.54 Å². The lowest BCUT2D eigenvalue weighted by molar-refractivity contribution is -0.0253. The number of nitrogens with two attached hydrogens (primary N) is 1. The molecule has 5 unspecified atom stereocenters. The average molecular weight is 318 g/mol. The highest BCUT2D eigenvalue weighted by Gasteiger charge is 2.62. The first-order valence-electron chi connectivity index (χ1n) is 9.61. The van der Waals surface area contributed by atoms with Gasteiger partial charge in [0.05, 0.1) is 0 Å². The highest BCUT2D eigenvalue weighted by atomic mass is 14.8. The topological polar surface area (TPSA) is 26.0 Å². The smallest absolute Gasteiger partial charge is 0.0188 e. The molecule has 1 nitrogen and oxygen atoms in total. The van der Waals surface area contributed by atoms with Gasteiger partial charge < -0.3 is 5.73 Å². The highest BCUT2D eigenvalue weighted by Crippen LogP contribution is 2.65. The second-order valence-corrected chi connectivity index (χ2v) is 9.84. The van der Waals surface area contributed by atoms with Crippen LogP contribution in [0.3, 0.4) is 0 Å². The van der Waals surface area contributed by atoms with Gasteiger partial charge in [-0.3, -0.25) is 0 Å². The molecule has 132 valence electrons. The molecule has 0 aromatic carbocycles. The second kappa shape index (κ2) is 6.39. The molecule has 2 aliphatic carbocycles. The van der Waals surface area contributed by atoms with Crippen molar-refractivity contribution in [3.05, 3.63) is 24.3 Å². The molecule has 0 amide bonds. The summed E-state index contributed by atoms with van der Waals surface area (Å²) in [5.41, 5.74) is 9.19. The van der Waals surface area contributed by atoms with Crippen LogP contribution in [0, 0.1) is 28.6 Å². The molecule has 0 aromatic heterocycles. The molecule has 0 aromatic rings. The van der Waals surface area contributed by atoms with Crippen LogP contribution in [-0.2, 0) is 0 Å².